The molecule has 222 valence electrons. The number of nitrogens with two attached hydrogens (primary N) is 2. The molecular weight excluding hydrogens is 537 g/mol. The number of nitrogens with one attached hydrogen (secondary N) is 1. The van der Waals surface area contributed by atoms with Gasteiger partial charge in [-0.2, -0.15) is 5.10 Å². The largest absolute Gasteiger partial charge is 0.478 e. The number of halogens is 1. The van der Waals surface area contributed by atoms with Gasteiger partial charge in [0.05, 0.1) is 35.2 Å². The number of anilines is 1. The average molecular weight is 574 g/mol. The van der Waals surface area contributed by atoms with Crippen LogP contribution >= 0.6 is 0 Å². The summed E-state index contributed by atoms with van der Waals surface area (Å²) in [4.78, 5) is 42.9. The minimum absolute atomic E-state index is 0.119. The van der Waals surface area contributed by atoms with Crippen LogP contribution in [0.25, 0.3) is 5.69 Å². The number of ether oxygens (including phenoxy) is 1. The molecule has 2 atom stereocenters. The van der Waals surface area contributed by atoms with Crippen molar-refractivity contribution in [1.82, 2.24) is 9.78 Å². The molecule has 41 heavy (non-hydrogen) atoms. The Morgan fingerprint density at radius 3 is 2.44 bits per heavy atom. The first-order chi connectivity index (χ1) is 19.2. The van der Waals surface area contributed by atoms with Crippen LogP contribution in [-0.2, 0) is 32.0 Å². The van der Waals surface area contributed by atoms with E-state index in [1.807, 2.05) is 6.92 Å². The highest BCUT2D eigenvalue weighted by Gasteiger charge is 2.33. The summed E-state index contributed by atoms with van der Waals surface area (Å²) in [6, 6.07) is 2.73. The van der Waals surface area contributed by atoms with Gasteiger partial charge in [-0.3, -0.25) is 9.59 Å². The summed E-state index contributed by atoms with van der Waals surface area (Å²) in [7, 11) is 0. The number of nitrogens with zero attached hydrogens (tertiary/aromatic N) is 2. The second-order valence-electron chi connectivity index (χ2n) is 10.9. The number of benzene rings is 1. The molecule has 0 radical (unpaired) electrons. The number of carboxylic acid groups (broad SMARTS) is 2. The molecule has 1 amide bonds. The fourth-order valence-corrected chi connectivity index (χ4v) is 5.20. The Hall–Kier alpha value is -4.26. The number of carboxylic acids is 2. The van der Waals surface area contributed by atoms with E-state index >= 15 is 4.39 Å². The first-order valence-corrected chi connectivity index (χ1v) is 13.2. The van der Waals surface area contributed by atoms with Crippen molar-refractivity contribution in [1.29, 1.82) is 0 Å². The van der Waals surface area contributed by atoms with Crippen LogP contribution in [0.15, 0.2) is 24.3 Å². The third-order valence-electron chi connectivity index (χ3n) is 7.17. The number of hydrogen-bond donors (Lipinski definition) is 5. The van der Waals surface area contributed by atoms with E-state index in [2.05, 4.69) is 19.2 Å². The molecule has 0 bridgehead atoms. The van der Waals surface area contributed by atoms with Gasteiger partial charge in [-0.15, -0.1) is 0 Å². The van der Waals surface area contributed by atoms with E-state index in [1.54, 1.807) is 10.7 Å². The summed E-state index contributed by atoms with van der Waals surface area (Å²) >= 11 is 0. The standard InChI is InChI=1S/C24H32FN5O3.C4H4O4/c1-13-15-7-8-24(2,3)11-19(15)30(29-13)14-9-16(25)22(23(27)32)18(10-14)28-17-5-4-6-20(17)33-21(31)12-26;5-3(6)1-2-4(7)8/h9-10,17,20,28H,4-8,11-12,26H2,1-3H3,(H2,27,32);1-2H,(H,5,6)(H,7,8)/b;2-1-/t17-,20-;/m0./s1. The lowest BCUT2D eigenvalue weighted by atomic mass is 9.76. The van der Waals surface area contributed by atoms with Crippen LogP contribution < -0.4 is 16.8 Å². The number of esters is 1. The number of amides is 1. The van der Waals surface area contributed by atoms with E-state index in [9.17, 15) is 19.2 Å². The van der Waals surface area contributed by atoms with Gasteiger partial charge in [0.15, 0.2) is 0 Å². The molecule has 2 aliphatic carbocycles. The molecule has 1 saturated carbocycles. The van der Waals surface area contributed by atoms with E-state index in [1.165, 1.54) is 11.6 Å². The summed E-state index contributed by atoms with van der Waals surface area (Å²) < 4.78 is 22.4. The second kappa shape index (κ2) is 12.9. The smallest absolute Gasteiger partial charge is 0.328 e. The maximum atomic E-state index is 15.2. The molecular formula is C28H36FN5O7. The van der Waals surface area contributed by atoms with Crippen molar-refractivity contribution in [3.05, 3.63) is 52.6 Å². The van der Waals surface area contributed by atoms with Gasteiger partial charge in [-0.25, -0.2) is 18.7 Å². The van der Waals surface area contributed by atoms with Gasteiger partial charge in [0.2, 0.25) is 0 Å². The third-order valence-corrected chi connectivity index (χ3v) is 7.17. The Bertz CT molecular complexity index is 1350. The summed E-state index contributed by atoms with van der Waals surface area (Å²) in [5, 5.41) is 23.6. The number of primary amides is 1. The monoisotopic (exact) mass is 573 g/mol. The molecule has 13 heteroatoms. The highest BCUT2D eigenvalue weighted by Crippen LogP contribution is 2.38. The number of carbonyl (C=O) groups excluding carboxylic acids is 2. The van der Waals surface area contributed by atoms with Gasteiger partial charge in [-0.1, -0.05) is 13.8 Å². The Morgan fingerprint density at radius 2 is 1.85 bits per heavy atom. The molecule has 1 aromatic heterocycles. The normalized spacial score (nSPS) is 19.1. The van der Waals surface area contributed by atoms with E-state index in [4.69, 9.17) is 31.5 Å². The Balaban J connectivity index is 0.000000507. The minimum atomic E-state index is -1.26. The number of fused-ring (bicyclic) bond motifs is 1. The van der Waals surface area contributed by atoms with Gasteiger partial charge < -0.3 is 31.7 Å². The minimum Gasteiger partial charge on any atom is -0.478 e. The third kappa shape index (κ3) is 7.91. The number of aryl methyl sites for hydroxylation is 1. The molecule has 12 nitrogen and oxygen atoms in total. The molecule has 0 unspecified atom stereocenters. The highest BCUT2D eigenvalue weighted by atomic mass is 19.1. The van der Waals surface area contributed by atoms with Crippen molar-refractivity contribution < 1.29 is 38.5 Å². The molecule has 2 aromatic rings. The van der Waals surface area contributed by atoms with E-state index in [-0.39, 0.29) is 29.3 Å². The Kier molecular flexibility index (Phi) is 9.87. The Morgan fingerprint density at radius 1 is 1.20 bits per heavy atom. The SMILES string of the molecule is Cc1nn(-c2cc(F)c(C(N)=O)c(N[C@H]3CCC[C@@H]3OC(=O)CN)c2)c2c1CCC(C)(C)C2.O=C(O)/C=C\C(=O)O. The van der Waals surface area contributed by atoms with E-state index in [0.29, 0.717) is 30.7 Å². The molecule has 1 aromatic carbocycles. The van der Waals surface area contributed by atoms with Crippen molar-refractivity contribution in [2.75, 3.05) is 11.9 Å². The van der Waals surface area contributed by atoms with Gasteiger partial charge in [0, 0.05) is 23.9 Å². The fourth-order valence-electron chi connectivity index (χ4n) is 5.20. The summed E-state index contributed by atoms with van der Waals surface area (Å²) in [5.74, 6) is -4.59. The van der Waals surface area contributed by atoms with E-state index in [0.717, 1.165) is 37.1 Å². The Labute approximate surface area is 236 Å². The number of hydrogen-bond acceptors (Lipinski definition) is 8. The summed E-state index contributed by atoms with van der Waals surface area (Å²) in [6.45, 7) is 6.19. The molecule has 2 aliphatic rings. The maximum absolute atomic E-state index is 15.2. The van der Waals surface area contributed by atoms with E-state index < -0.39 is 35.7 Å². The zero-order chi connectivity index (χ0) is 30.5. The highest BCUT2D eigenvalue weighted by molar-refractivity contribution is 5.99. The zero-order valence-electron chi connectivity index (χ0n) is 23.3. The van der Waals surface area contributed by atoms with Crippen LogP contribution in [0, 0.1) is 18.2 Å². The van der Waals surface area contributed by atoms with Crippen molar-refractivity contribution in [3.8, 4) is 5.69 Å². The number of aliphatic carboxylic acids is 2. The predicted octanol–water partition coefficient (Wildman–Crippen LogP) is 2.48. The molecule has 1 fully saturated rings. The summed E-state index contributed by atoms with van der Waals surface area (Å²) in [5.41, 5.74) is 14.8. The first kappa shape index (κ1) is 31.3. The lowest BCUT2D eigenvalue weighted by Crippen LogP contribution is -2.35. The molecule has 0 spiro atoms. The molecule has 4 rings (SSSR count). The van der Waals surface area contributed by atoms with Crippen molar-refractivity contribution in [2.24, 2.45) is 16.9 Å². The number of rotatable bonds is 8. The van der Waals surface area contributed by atoms with Crippen LogP contribution in [0.4, 0.5) is 10.1 Å². The van der Waals surface area contributed by atoms with Crippen molar-refractivity contribution in [2.45, 2.75) is 71.4 Å². The van der Waals surface area contributed by atoms with Crippen LogP contribution in [0.3, 0.4) is 0 Å². The van der Waals surface area contributed by atoms with Gasteiger partial charge in [0.25, 0.3) is 5.91 Å². The second-order valence-corrected chi connectivity index (χ2v) is 10.9. The van der Waals surface area contributed by atoms with Gasteiger partial charge in [-0.05, 0) is 62.5 Å². The topological polar surface area (TPSA) is 200 Å². The van der Waals surface area contributed by atoms with Crippen molar-refractivity contribution >= 4 is 29.5 Å². The number of aromatic nitrogens is 2. The van der Waals surface area contributed by atoms with Crippen LogP contribution in [0.5, 0.6) is 0 Å². The van der Waals surface area contributed by atoms with Crippen LogP contribution in [0.2, 0.25) is 0 Å². The van der Waals surface area contributed by atoms with Crippen molar-refractivity contribution in [3.63, 3.8) is 0 Å². The number of carbonyl (C=O) groups is 4. The van der Waals surface area contributed by atoms with Gasteiger partial charge >= 0.3 is 17.9 Å². The quantitative estimate of drug-likeness (QED) is 0.231. The predicted molar refractivity (Wildman–Crippen MR) is 147 cm³/mol. The molecule has 0 aliphatic heterocycles. The average Bonchev–Trinajstić information content (AvgIpc) is 3.44. The maximum Gasteiger partial charge on any atom is 0.328 e. The molecule has 1 heterocycles. The van der Waals surface area contributed by atoms with Gasteiger partial charge in [0.1, 0.15) is 11.9 Å². The summed E-state index contributed by atoms with van der Waals surface area (Å²) in [6.07, 6.45) is 5.73. The fraction of sp³-hybridized carbons (Fsp3) is 0.464. The lowest BCUT2D eigenvalue weighted by Gasteiger charge is -2.30. The van der Waals surface area contributed by atoms with Crippen LogP contribution in [0.1, 0.15) is 66.8 Å². The molecule has 7 N–H and O–H groups in total. The van der Waals surface area contributed by atoms with Crippen LogP contribution in [-0.4, -0.2) is 62.5 Å². The zero-order valence-corrected chi connectivity index (χ0v) is 23.3. The first-order valence-electron chi connectivity index (χ1n) is 13.2. The lowest BCUT2D eigenvalue weighted by molar-refractivity contribution is -0.147. The molecule has 0 saturated heterocycles.